The number of benzene rings is 2. The minimum atomic E-state index is 0.753. The Bertz CT molecular complexity index is 652. The molecule has 19 heavy (non-hydrogen) atoms. The van der Waals surface area contributed by atoms with Crippen molar-refractivity contribution in [2.75, 3.05) is 0 Å². The standard InChI is InChI=1S/C16H17N3/c1-12-6-2-3-7-13(12)10-17-11-16-18-14-8-4-5-9-15(14)19-16/h2-9,17H,10-11H2,1H3,(H,18,19). The lowest BCUT2D eigenvalue weighted by Gasteiger charge is -2.06. The Morgan fingerprint density at radius 3 is 2.63 bits per heavy atom. The fraction of sp³-hybridized carbons (Fsp3) is 0.188. The molecule has 0 spiro atoms. The van der Waals surface area contributed by atoms with E-state index < -0.39 is 0 Å². The molecule has 1 heterocycles. The van der Waals surface area contributed by atoms with Crippen LogP contribution < -0.4 is 5.32 Å². The van der Waals surface area contributed by atoms with Gasteiger partial charge in [-0.3, -0.25) is 0 Å². The topological polar surface area (TPSA) is 40.7 Å². The maximum absolute atomic E-state index is 4.55. The molecule has 0 aliphatic heterocycles. The third-order valence-corrected chi connectivity index (χ3v) is 3.31. The number of nitrogens with one attached hydrogen (secondary N) is 2. The smallest absolute Gasteiger partial charge is 0.121 e. The van der Waals surface area contributed by atoms with Crippen LogP contribution >= 0.6 is 0 Å². The monoisotopic (exact) mass is 251 g/mol. The summed E-state index contributed by atoms with van der Waals surface area (Å²) in [7, 11) is 0. The fourth-order valence-corrected chi connectivity index (χ4v) is 2.21. The first kappa shape index (κ1) is 11.9. The average molecular weight is 251 g/mol. The van der Waals surface area contributed by atoms with Crippen LogP contribution in [0.25, 0.3) is 11.0 Å². The van der Waals surface area contributed by atoms with Gasteiger partial charge in [-0.2, -0.15) is 0 Å². The number of imidazole rings is 1. The molecule has 96 valence electrons. The fourth-order valence-electron chi connectivity index (χ4n) is 2.21. The van der Waals surface area contributed by atoms with Crippen LogP contribution in [-0.2, 0) is 13.1 Å². The van der Waals surface area contributed by atoms with Crippen molar-refractivity contribution in [2.24, 2.45) is 0 Å². The third kappa shape index (κ3) is 2.66. The maximum Gasteiger partial charge on any atom is 0.121 e. The zero-order valence-corrected chi connectivity index (χ0v) is 11.0. The van der Waals surface area contributed by atoms with E-state index in [1.54, 1.807) is 0 Å². The van der Waals surface area contributed by atoms with Gasteiger partial charge >= 0.3 is 0 Å². The van der Waals surface area contributed by atoms with Gasteiger partial charge in [0.1, 0.15) is 5.82 Å². The number of aromatic amines is 1. The van der Waals surface area contributed by atoms with Crippen LogP contribution in [0, 0.1) is 6.92 Å². The highest BCUT2D eigenvalue weighted by Gasteiger charge is 2.02. The number of fused-ring (bicyclic) bond motifs is 1. The molecule has 0 aliphatic rings. The van der Waals surface area contributed by atoms with Crippen LogP contribution in [0.15, 0.2) is 48.5 Å². The molecular weight excluding hydrogens is 234 g/mol. The molecule has 3 aromatic rings. The van der Waals surface area contributed by atoms with Crippen LogP contribution in [-0.4, -0.2) is 9.97 Å². The molecule has 2 aromatic carbocycles. The molecule has 2 N–H and O–H groups in total. The van der Waals surface area contributed by atoms with Gasteiger partial charge in [0.25, 0.3) is 0 Å². The molecule has 3 heteroatoms. The van der Waals surface area contributed by atoms with E-state index in [1.165, 1.54) is 11.1 Å². The molecule has 0 saturated carbocycles. The highest BCUT2D eigenvalue weighted by atomic mass is 15.0. The third-order valence-electron chi connectivity index (χ3n) is 3.31. The van der Waals surface area contributed by atoms with E-state index in [2.05, 4.69) is 46.5 Å². The largest absolute Gasteiger partial charge is 0.341 e. The van der Waals surface area contributed by atoms with Crippen LogP contribution in [0.1, 0.15) is 17.0 Å². The Kier molecular flexibility index (Phi) is 3.29. The summed E-state index contributed by atoms with van der Waals surface area (Å²) in [5, 5.41) is 3.43. The predicted octanol–water partition coefficient (Wildman–Crippen LogP) is 3.16. The predicted molar refractivity (Wildman–Crippen MR) is 77.8 cm³/mol. The summed E-state index contributed by atoms with van der Waals surface area (Å²) in [4.78, 5) is 7.87. The van der Waals surface area contributed by atoms with Crippen LogP contribution in [0.3, 0.4) is 0 Å². The van der Waals surface area contributed by atoms with E-state index in [9.17, 15) is 0 Å². The normalized spacial score (nSPS) is 11.0. The lowest BCUT2D eigenvalue weighted by Crippen LogP contribution is -2.14. The molecule has 3 rings (SSSR count). The number of rotatable bonds is 4. The van der Waals surface area contributed by atoms with Crippen LogP contribution in [0.2, 0.25) is 0 Å². The van der Waals surface area contributed by atoms with E-state index >= 15 is 0 Å². The molecule has 0 fully saturated rings. The summed E-state index contributed by atoms with van der Waals surface area (Å²) in [6.45, 7) is 3.75. The van der Waals surface area contributed by atoms with Crippen molar-refractivity contribution < 1.29 is 0 Å². The van der Waals surface area contributed by atoms with Gasteiger partial charge in [0.05, 0.1) is 17.6 Å². The van der Waals surface area contributed by atoms with Crippen molar-refractivity contribution in [2.45, 2.75) is 20.0 Å². The van der Waals surface area contributed by atoms with Gasteiger partial charge in [0.2, 0.25) is 0 Å². The summed E-state index contributed by atoms with van der Waals surface area (Å²) in [6.07, 6.45) is 0. The number of para-hydroxylation sites is 2. The maximum atomic E-state index is 4.55. The summed E-state index contributed by atoms with van der Waals surface area (Å²) >= 11 is 0. The van der Waals surface area contributed by atoms with E-state index in [-0.39, 0.29) is 0 Å². The van der Waals surface area contributed by atoms with Crippen molar-refractivity contribution in [3.05, 3.63) is 65.5 Å². The van der Waals surface area contributed by atoms with E-state index in [0.717, 1.165) is 29.9 Å². The number of hydrogen-bond acceptors (Lipinski definition) is 2. The lowest BCUT2D eigenvalue weighted by molar-refractivity contribution is 0.668. The van der Waals surface area contributed by atoms with Crippen LogP contribution in [0.5, 0.6) is 0 Å². The van der Waals surface area contributed by atoms with Crippen molar-refractivity contribution in [1.29, 1.82) is 0 Å². The van der Waals surface area contributed by atoms with Gasteiger partial charge in [-0.25, -0.2) is 4.98 Å². The van der Waals surface area contributed by atoms with Gasteiger partial charge in [-0.05, 0) is 30.2 Å². The SMILES string of the molecule is Cc1ccccc1CNCc1nc2ccccc2[nH]1. The number of H-pyrrole nitrogens is 1. The summed E-state index contributed by atoms with van der Waals surface area (Å²) in [6, 6.07) is 16.5. The Hall–Kier alpha value is -2.13. The van der Waals surface area contributed by atoms with Crippen molar-refractivity contribution >= 4 is 11.0 Å². The van der Waals surface area contributed by atoms with Gasteiger partial charge in [0.15, 0.2) is 0 Å². The second-order valence-corrected chi connectivity index (χ2v) is 4.73. The van der Waals surface area contributed by atoms with Gasteiger partial charge in [-0.1, -0.05) is 36.4 Å². The summed E-state index contributed by atoms with van der Waals surface area (Å²) in [5.41, 5.74) is 4.77. The molecule has 0 atom stereocenters. The quantitative estimate of drug-likeness (QED) is 0.747. The minimum Gasteiger partial charge on any atom is -0.341 e. The van der Waals surface area contributed by atoms with E-state index in [0.29, 0.717) is 0 Å². The molecule has 0 amide bonds. The molecule has 3 nitrogen and oxygen atoms in total. The average Bonchev–Trinajstić information content (AvgIpc) is 2.83. The van der Waals surface area contributed by atoms with E-state index in [1.807, 2.05) is 24.3 Å². The van der Waals surface area contributed by atoms with Crippen molar-refractivity contribution in [3.8, 4) is 0 Å². The van der Waals surface area contributed by atoms with Crippen molar-refractivity contribution in [3.63, 3.8) is 0 Å². The second kappa shape index (κ2) is 5.24. The zero-order valence-electron chi connectivity index (χ0n) is 11.0. The first-order chi connectivity index (χ1) is 9.33. The number of hydrogen-bond donors (Lipinski definition) is 2. The second-order valence-electron chi connectivity index (χ2n) is 4.73. The number of aromatic nitrogens is 2. The first-order valence-electron chi connectivity index (χ1n) is 6.52. The lowest BCUT2D eigenvalue weighted by atomic mass is 10.1. The molecule has 0 radical (unpaired) electrons. The highest BCUT2D eigenvalue weighted by Crippen LogP contribution is 2.10. The van der Waals surface area contributed by atoms with Gasteiger partial charge < -0.3 is 10.3 Å². The summed E-state index contributed by atoms with van der Waals surface area (Å²) < 4.78 is 0. The highest BCUT2D eigenvalue weighted by molar-refractivity contribution is 5.74. The van der Waals surface area contributed by atoms with Gasteiger partial charge in [0, 0.05) is 6.54 Å². The van der Waals surface area contributed by atoms with E-state index in [4.69, 9.17) is 0 Å². The Morgan fingerprint density at radius 1 is 1.00 bits per heavy atom. The Morgan fingerprint density at radius 2 is 1.79 bits per heavy atom. The molecule has 1 aromatic heterocycles. The van der Waals surface area contributed by atoms with Gasteiger partial charge in [-0.15, -0.1) is 0 Å². The molecule has 0 aliphatic carbocycles. The first-order valence-corrected chi connectivity index (χ1v) is 6.52. The summed E-state index contributed by atoms with van der Waals surface area (Å²) in [5.74, 6) is 0.981. The molecule has 0 saturated heterocycles. The zero-order chi connectivity index (χ0) is 13.1. The molecule has 0 bridgehead atoms. The molecular formula is C16H17N3. The number of nitrogens with zero attached hydrogens (tertiary/aromatic N) is 1. The number of aryl methyl sites for hydroxylation is 1. The minimum absolute atomic E-state index is 0.753. The Labute approximate surface area is 112 Å². The van der Waals surface area contributed by atoms with Crippen LogP contribution in [0.4, 0.5) is 0 Å². The molecule has 0 unspecified atom stereocenters. The Balaban J connectivity index is 1.65. The van der Waals surface area contributed by atoms with Crippen molar-refractivity contribution in [1.82, 2.24) is 15.3 Å².